The first kappa shape index (κ1) is 13.3. The molecule has 4 N–H and O–H groups in total. The van der Waals surface area contributed by atoms with Crippen molar-refractivity contribution in [2.75, 3.05) is 13.7 Å². The second-order valence-corrected chi connectivity index (χ2v) is 3.59. The summed E-state index contributed by atoms with van der Waals surface area (Å²) in [5, 5.41) is 0. The minimum Gasteiger partial charge on any atom is -0.493 e. The average Bonchev–Trinajstić information content (AvgIpc) is 2.28. The number of carbonyl (C=O) groups excluding carboxylic acids is 1. The minimum atomic E-state index is -0.482. The van der Waals surface area contributed by atoms with Gasteiger partial charge in [0.25, 0.3) is 0 Å². The summed E-state index contributed by atoms with van der Waals surface area (Å²) in [6.07, 6.45) is 0.0766. The molecular weight excluding hydrogens is 220 g/mol. The summed E-state index contributed by atoms with van der Waals surface area (Å²) < 4.78 is 10.7. The molecule has 1 unspecified atom stereocenters. The van der Waals surface area contributed by atoms with Crippen molar-refractivity contribution >= 4 is 5.91 Å². The van der Waals surface area contributed by atoms with E-state index in [4.69, 9.17) is 20.9 Å². The zero-order valence-electron chi connectivity index (χ0n) is 10.1. The lowest BCUT2D eigenvalue weighted by atomic mass is 10.0. The Balaban J connectivity index is 3.08. The van der Waals surface area contributed by atoms with Gasteiger partial charge in [0.2, 0.25) is 5.91 Å². The van der Waals surface area contributed by atoms with Gasteiger partial charge < -0.3 is 20.9 Å². The number of benzene rings is 1. The molecular formula is C12H18N2O3. The molecule has 0 aliphatic carbocycles. The summed E-state index contributed by atoms with van der Waals surface area (Å²) in [7, 11) is 1.56. The Morgan fingerprint density at radius 2 is 2.18 bits per heavy atom. The standard InChI is InChI=1S/C12H18N2O3/c1-3-17-12-8(9(13)7-11(14)15)5-4-6-10(12)16-2/h4-6,9H,3,7,13H2,1-2H3,(H2,14,15). The van der Waals surface area contributed by atoms with Gasteiger partial charge in [0.05, 0.1) is 13.7 Å². The van der Waals surface area contributed by atoms with Crippen LogP contribution in [0, 0.1) is 0 Å². The van der Waals surface area contributed by atoms with Crippen LogP contribution in [0.2, 0.25) is 0 Å². The minimum absolute atomic E-state index is 0.0766. The number of para-hydroxylation sites is 1. The summed E-state index contributed by atoms with van der Waals surface area (Å²) in [6, 6.07) is 4.91. The first-order valence-corrected chi connectivity index (χ1v) is 5.43. The summed E-state index contributed by atoms with van der Waals surface area (Å²) in [4.78, 5) is 10.9. The van der Waals surface area contributed by atoms with Gasteiger partial charge >= 0.3 is 0 Å². The van der Waals surface area contributed by atoms with Crippen molar-refractivity contribution < 1.29 is 14.3 Å². The highest BCUT2D eigenvalue weighted by atomic mass is 16.5. The van der Waals surface area contributed by atoms with Crippen LogP contribution in [0.4, 0.5) is 0 Å². The van der Waals surface area contributed by atoms with E-state index in [9.17, 15) is 4.79 Å². The van der Waals surface area contributed by atoms with E-state index >= 15 is 0 Å². The van der Waals surface area contributed by atoms with E-state index < -0.39 is 11.9 Å². The van der Waals surface area contributed by atoms with Crippen LogP contribution in [0.25, 0.3) is 0 Å². The fraction of sp³-hybridized carbons (Fsp3) is 0.417. The topological polar surface area (TPSA) is 87.6 Å². The third-order valence-electron chi connectivity index (χ3n) is 2.34. The number of amides is 1. The lowest BCUT2D eigenvalue weighted by molar-refractivity contribution is -0.118. The molecule has 0 aromatic heterocycles. The van der Waals surface area contributed by atoms with Crippen molar-refractivity contribution in [1.29, 1.82) is 0 Å². The predicted octanol–water partition coefficient (Wildman–Crippen LogP) is 0.969. The Hall–Kier alpha value is -1.75. The summed E-state index contributed by atoms with van der Waals surface area (Å²) in [5.41, 5.74) is 11.8. The Kier molecular flexibility index (Phi) is 4.78. The molecule has 0 aliphatic rings. The second-order valence-electron chi connectivity index (χ2n) is 3.59. The van der Waals surface area contributed by atoms with Gasteiger partial charge in [0, 0.05) is 18.0 Å². The van der Waals surface area contributed by atoms with Crippen molar-refractivity contribution in [3.05, 3.63) is 23.8 Å². The fourth-order valence-corrected chi connectivity index (χ4v) is 1.61. The van der Waals surface area contributed by atoms with Crippen LogP contribution >= 0.6 is 0 Å². The smallest absolute Gasteiger partial charge is 0.219 e. The van der Waals surface area contributed by atoms with Gasteiger partial charge in [-0.1, -0.05) is 12.1 Å². The maximum absolute atomic E-state index is 10.9. The number of hydrogen-bond acceptors (Lipinski definition) is 4. The molecule has 1 amide bonds. The molecule has 0 radical (unpaired) electrons. The van der Waals surface area contributed by atoms with Crippen molar-refractivity contribution in [3.63, 3.8) is 0 Å². The molecule has 1 rings (SSSR count). The number of nitrogens with two attached hydrogens (primary N) is 2. The number of carbonyl (C=O) groups is 1. The van der Waals surface area contributed by atoms with E-state index in [1.807, 2.05) is 6.92 Å². The van der Waals surface area contributed by atoms with Crippen LogP contribution in [0.3, 0.4) is 0 Å². The zero-order valence-corrected chi connectivity index (χ0v) is 10.1. The van der Waals surface area contributed by atoms with Gasteiger partial charge in [-0.05, 0) is 13.0 Å². The molecule has 0 saturated heterocycles. The highest BCUT2D eigenvalue weighted by Crippen LogP contribution is 2.34. The highest BCUT2D eigenvalue weighted by molar-refractivity contribution is 5.75. The third kappa shape index (κ3) is 3.35. The van der Waals surface area contributed by atoms with Crippen molar-refractivity contribution in [3.8, 4) is 11.5 Å². The van der Waals surface area contributed by atoms with E-state index in [-0.39, 0.29) is 6.42 Å². The van der Waals surface area contributed by atoms with Gasteiger partial charge in [-0.3, -0.25) is 4.79 Å². The number of rotatable bonds is 6. The maximum Gasteiger partial charge on any atom is 0.219 e. The molecule has 94 valence electrons. The van der Waals surface area contributed by atoms with E-state index in [1.165, 1.54) is 0 Å². The number of hydrogen-bond donors (Lipinski definition) is 2. The lowest BCUT2D eigenvalue weighted by Crippen LogP contribution is -2.21. The molecule has 0 aliphatic heterocycles. The quantitative estimate of drug-likeness (QED) is 0.773. The van der Waals surface area contributed by atoms with Crippen LogP contribution < -0.4 is 20.9 Å². The van der Waals surface area contributed by atoms with Gasteiger partial charge in [-0.2, -0.15) is 0 Å². The Labute approximate surface area is 101 Å². The first-order chi connectivity index (χ1) is 8.10. The van der Waals surface area contributed by atoms with Gasteiger partial charge in [0.15, 0.2) is 11.5 Å². The molecule has 0 saturated carbocycles. The van der Waals surface area contributed by atoms with Crippen molar-refractivity contribution in [2.45, 2.75) is 19.4 Å². The van der Waals surface area contributed by atoms with Crippen molar-refractivity contribution in [2.24, 2.45) is 11.5 Å². The van der Waals surface area contributed by atoms with E-state index in [2.05, 4.69) is 0 Å². The van der Waals surface area contributed by atoms with Crippen LogP contribution in [0.1, 0.15) is 24.9 Å². The zero-order chi connectivity index (χ0) is 12.8. The summed E-state index contributed by atoms with van der Waals surface area (Å²) >= 11 is 0. The van der Waals surface area contributed by atoms with Crippen molar-refractivity contribution in [1.82, 2.24) is 0 Å². The first-order valence-electron chi connectivity index (χ1n) is 5.43. The molecule has 0 spiro atoms. The third-order valence-corrected chi connectivity index (χ3v) is 2.34. The summed E-state index contributed by atoms with van der Waals surface area (Å²) in [6.45, 7) is 2.37. The van der Waals surface area contributed by atoms with Crippen LogP contribution in [0.15, 0.2) is 18.2 Å². The van der Waals surface area contributed by atoms with Crippen LogP contribution in [-0.2, 0) is 4.79 Å². The van der Waals surface area contributed by atoms with Gasteiger partial charge in [-0.25, -0.2) is 0 Å². The Morgan fingerprint density at radius 3 is 2.71 bits per heavy atom. The largest absolute Gasteiger partial charge is 0.493 e. The molecule has 5 heteroatoms. The molecule has 0 heterocycles. The Morgan fingerprint density at radius 1 is 1.47 bits per heavy atom. The second kappa shape index (κ2) is 6.10. The van der Waals surface area contributed by atoms with Crippen LogP contribution in [-0.4, -0.2) is 19.6 Å². The van der Waals surface area contributed by atoms with E-state index in [0.717, 1.165) is 5.56 Å². The molecule has 0 bridgehead atoms. The summed E-state index contributed by atoms with van der Waals surface area (Å²) in [5.74, 6) is 0.735. The molecule has 1 aromatic carbocycles. The number of primary amides is 1. The van der Waals surface area contributed by atoms with E-state index in [1.54, 1.807) is 25.3 Å². The predicted molar refractivity (Wildman–Crippen MR) is 64.9 cm³/mol. The SMILES string of the molecule is CCOc1c(OC)cccc1C(N)CC(N)=O. The Bertz CT molecular complexity index is 393. The monoisotopic (exact) mass is 238 g/mol. The van der Waals surface area contributed by atoms with Gasteiger partial charge in [0.1, 0.15) is 0 Å². The average molecular weight is 238 g/mol. The molecule has 0 fully saturated rings. The normalized spacial score (nSPS) is 11.9. The van der Waals surface area contributed by atoms with Gasteiger partial charge in [-0.15, -0.1) is 0 Å². The molecule has 1 atom stereocenters. The van der Waals surface area contributed by atoms with E-state index in [0.29, 0.717) is 18.1 Å². The lowest BCUT2D eigenvalue weighted by Gasteiger charge is -2.17. The van der Waals surface area contributed by atoms with Crippen LogP contribution in [0.5, 0.6) is 11.5 Å². The molecule has 17 heavy (non-hydrogen) atoms. The molecule has 5 nitrogen and oxygen atoms in total. The molecule has 1 aromatic rings. The fourth-order valence-electron chi connectivity index (χ4n) is 1.61. The number of methoxy groups -OCH3 is 1. The number of ether oxygens (including phenoxy) is 2. The maximum atomic E-state index is 10.9. The highest BCUT2D eigenvalue weighted by Gasteiger charge is 2.17.